The molecule has 0 aliphatic rings. The van der Waals surface area contributed by atoms with Gasteiger partial charge in [0.2, 0.25) is 5.95 Å². The Hall–Kier alpha value is -3.29. The zero-order valence-corrected chi connectivity index (χ0v) is 11.5. The lowest BCUT2D eigenvalue weighted by atomic mass is 10.2. The highest BCUT2D eigenvalue weighted by molar-refractivity contribution is 5.66. The molecule has 1 heterocycles. The van der Waals surface area contributed by atoms with Gasteiger partial charge in [-0.15, -0.1) is 0 Å². The summed E-state index contributed by atoms with van der Waals surface area (Å²) < 4.78 is 1.55. The van der Waals surface area contributed by atoms with Crippen LogP contribution in [0.1, 0.15) is 5.56 Å². The first-order valence-corrected chi connectivity index (χ1v) is 6.54. The first-order chi connectivity index (χ1) is 10.7. The lowest BCUT2D eigenvalue weighted by molar-refractivity contribution is -0.383. The van der Waals surface area contributed by atoms with E-state index in [1.807, 2.05) is 30.3 Å². The summed E-state index contributed by atoms with van der Waals surface area (Å²) in [5, 5.41) is 25.3. The highest BCUT2D eigenvalue weighted by atomic mass is 16.6. The average molecular weight is 296 g/mol. The topological polar surface area (TPSA) is 98.8 Å². The fraction of sp³-hybridized carbons (Fsp3) is 0.0714. The molecule has 0 fully saturated rings. The molecule has 3 rings (SSSR count). The summed E-state index contributed by atoms with van der Waals surface area (Å²) in [6.45, 7) is 0.469. The van der Waals surface area contributed by atoms with E-state index in [0.717, 1.165) is 5.56 Å². The van der Waals surface area contributed by atoms with Crippen LogP contribution < -0.4 is 5.32 Å². The van der Waals surface area contributed by atoms with Crippen molar-refractivity contribution in [2.45, 2.75) is 6.54 Å². The van der Waals surface area contributed by atoms with Gasteiger partial charge in [-0.25, -0.2) is 4.68 Å². The minimum Gasteiger partial charge on any atom is -0.317 e. The van der Waals surface area contributed by atoms with Gasteiger partial charge in [-0.05, 0) is 22.1 Å². The molecule has 1 aromatic heterocycles. The summed E-state index contributed by atoms with van der Waals surface area (Å²) >= 11 is 0. The van der Waals surface area contributed by atoms with Crippen LogP contribution in [0.5, 0.6) is 0 Å². The largest absolute Gasteiger partial charge is 0.317 e. The fourth-order valence-corrected chi connectivity index (χ4v) is 2.02. The van der Waals surface area contributed by atoms with Crippen LogP contribution in [0.25, 0.3) is 0 Å². The quantitative estimate of drug-likeness (QED) is 0.573. The van der Waals surface area contributed by atoms with E-state index in [1.165, 1.54) is 6.07 Å². The van der Waals surface area contributed by atoms with E-state index in [4.69, 9.17) is 0 Å². The van der Waals surface area contributed by atoms with E-state index in [0.29, 0.717) is 18.2 Å². The number of nitro benzene ring substituents is 1. The lowest BCUT2D eigenvalue weighted by Crippen LogP contribution is -2.07. The maximum Gasteiger partial charge on any atom is 0.292 e. The molecule has 3 aromatic rings. The van der Waals surface area contributed by atoms with Crippen molar-refractivity contribution in [2.24, 2.45) is 0 Å². The van der Waals surface area contributed by atoms with E-state index in [-0.39, 0.29) is 5.69 Å². The molecule has 0 aliphatic carbocycles. The number of tetrazole rings is 1. The predicted molar refractivity (Wildman–Crippen MR) is 79.7 cm³/mol. The number of aromatic nitrogens is 4. The fourth-order valence-electron chi connectivity index (χ4n) is 2.02. The molecule has 0 unspecified atom stereocenters. The normalized spacial score (nSPS) is 10.4. The molecule has 110 valence electrons. The number of nitrogens with one attached hydrogen (secondary N) is 1. The van der Waals surface area contributed by atoms with Gasteiger partial charge in [-0.1, -0.05) is 47.6 Å². The van der Waals surface area contributed by atoms with Crippen molar-refractivity contribution in [2.75, 3.05) is 5.32 Å². The van der Waals surface area contributed by atoms with Gasteiger partial charge in [0.1, 0.15) is 5.69 Å². The van der Waals surface area contributed by atoms with Crippen molar-refractivity contribution in [3.05, 3.63) is 70.3 Å². The number of hydrogen-bond acceptors (Lipinski definition) is 6. The Morgan fingerprint density at radius 1 is 1.09 bits per heavy atom. The molecule has 22 heavy (non-hydrogen) atoms. The molecule has 0 saturated heterocycles. The summed E-state index contributed by atoms with van der Waals surface area (Å²) in [5.74, 6) is 0.346. The molecule has 0 spiro atoms. The minimum atomic E-state index is -0.451. The van der Waals surface area contributed by atoms with Gasteiger partial charge >= 0.3 is 0 Å². The van der Waals surface area contributed by atoms with Crippen LogP contribution in [0.15, 0.2) is 54.6 Å². The number of nitro groups is 1. The predicted octanol–water partition coefficient (Wildman–Crippen LogP) is 2.37. The number of hydrogen-bond donors (Lipinski definition) is 1. The molecule has 0 saturated carbocycles. The van der Waals surface area contributed by atoms with E-state index >= 15 is 0 Å². The van der Waals surface area contributed by atoms with E-state index < -0.39 is 4.92 Å². The second-order valence-electron chi connectivity index (χ2n) is 4.54. The van der Waals surface area contributed by atoms with Crippen molar-refractivity contribution in [3.63, 3.8) is 0 Å². The summed E-state index contributed by atoms with van der Waals surface area (Å²) in [5.41, 5.74) is 1.34. The number of para-hydroxylation sites is 2. The second-order valence-corrected chi connectivity index (χ2v) is 4.54. The molecule has 0 aliphatic heterocycles. The summed E-state index contributed by atoms with van der Waals surface area (Å²) in [6.07, 6.45) is 0. The monoisotopic (exact) mass is 296 g/mol. The van der Waals surface area contributed by atoms with Gasteiger partial charge in [-0.3, -0.25) is 10.1 Å². The van der Waals surface area contributed by atoms with Crippen molar-refractivity contribution < 1.29 is 4.92 Å². The third kappa shape index (κ3) is 2.90. The third-order valence-corrected chi connectivity index (χ3v) is 3.05. The number of rotatable bonds is 5. The Morgan fingerprint density at radius 3 is 2.59 bits per heavy atom. The maximum absolute atomic E-state index is 11.0. The van der Waals surface area contributed by atoms with Crippen LogP contribution in [0, 0.1) is 10.1 Å². The van der Waals surface area contributed by atoms with Crippen LogP contribution in [0.3, 0.4) is 0 Å². The summed E-state index contributed by atoms with van der Waals surface area (Å²) in [4.78, 5) is 10.6. The van der Waals surface area contributed by atoms with E-state index in [1.54, 1.807) is 22.9 Å². The van der Waals surface area contributed by atoms with Gasteiger partial charge in [0, 0.05) is 6.07 Å². The third-order valence-electron chi connectivity index (χ3n) is 3.05. The molecule has 0 radical (unpaired) electrons. The molecule has 8 heteroatoms. The molecule has 8 nitrogen and oxygen atoms in total. The highest BCUT2D eigenvalue weighted by Gasteiger charge is 2.15. The van der Waals surface area contributed by atoms with Crippen molar-refractivity contribution in [3.8, 4) is 0 Å². The minimum absolute atomic E-state index is 0.0308. The van der Waals surface area contributed by atoms with Crippen molar-refractivity contribution in [1.29, 1.82) is 0 Å². The molecule has 1 N–H and O–H groups in total. The summed E-state index contributed by atoms with van der Waals surface area (Å²) in [6, 6.07) is 16.0. The van der Waals surface area contributed by atoms with Gasteiger partial charge in [0.25, 0.3) is 5.69 Å². The molecule has 0 bridgehead atoms. The smallest absolute Gasteiger partial charge is 0.292 e. The van der Waals surface area contributed by atoms with Crippen LogP contribution in [0.4, 0.5) is 17.3 Å². The summed E-state index contributed by atoms with van der Waals surface area (Å²) in [7, 11) is 0. The Morgan fingerprint density at radius 2 is 1.82 bits per heavy atom. The van der Waals surface area contributed by atoms with Crippen LogP contribution in [-0.4, -0.2) is 25.1 Å². The second kappa shape index (κ2) is 6.00. The van der Waals surface area contributed by atoms with Crippen LogP contribution >= 0.6 is 0 Å². The zero-order chi connectivity index (χ0) is 15.4. The first-order valence-electron chi connectivity index (χ1n) is 6.54. The lowest BCUT2D eigenvalue weighted by Gasteiger charge is -2.07. The van der Waals surface area contributed by atoms with Crippen LogP contribution in [-0.2, 0) is 6.54 Å². The Kier molecular flexibility index (Phi) is 3.73. The molecular weight excluding hydrogens is 284 g/mol. The SMILES string of the molecule is O=[N+]([O-])c1ccccc1Nc1nnnn1Cc1ccccc1. The number of benzene rings is 2. The number of anilines is 2. The Bertz CT molecular complexity index is 787. The van der Waals surface area contributed by atoms with E-state index in [9.17, 15) is 10.1 Å². The van der Waals surface area contributed by atoms with Gasteiger partial charge < -0.3 is 5.32 Å². The zero-order valence-electron chi connectivity index (χ0n) is 11.5. The average Bonchev–Trinajstić information content (AvgIpc) is 2.96. The van der Waals surface area contributed by atoms with Gasteiger partial charge in [0.15, 0.2) is 0 Å². The van der Waals surface area contributed by atoms with E-state index in [2.05, 4.69) is 20.8 Å². The standard InChI is InChI=1S/C14H12N6O2/c21-20(22)13-9-5-4-8-12(13)15-14-16-17-18-19(14)10-11-6-2-1-3-7-11/h1-9H,10H2,(H,15,16,18). The molecule has 2 aromatic carbocycles. The molecular formula is C14H12N6O2. The van der Waals surface area contributed by atoms with Crippen molar-refractivity contribution >= 4 is 17.3 Å². The van der Waals surface area contributed by atoms with Gasteiger partial charge in [0.05, 0.1) is 11.5 Å². The number of nitrogens with zero attached hydrogens (tertiary/aromatic N) is 5. The molecule has 0 amide bonds. The van der Waals surface area contributed by atoms with Gasteiger partial charge in [-0.2, -0.15) is 0 Å². The van der Waals surface area contributed by atoms with Crippen molar-refractivity contribution in [1.82, 2.24) is 20.2 Å². The Labute approximate surface area is 125 Å². The first kappa shape index (κ1) is 13.7. The highest BCUT2D eigenvalue weighted by Crippen LogP contribution is 2.25. The molecule has 0 atom stereocenters. The maximum atomic E-state index is 11.0. The van der Waals surface area contributed by atoms with Crippen LogP contribution in [0.2, 0.25) is 0 Å². The Balaban J connectivity index is 1.86.